The summed E-state index contributed by atoms with van der Waals surface area (Å²) in [5.74, 6) is 0.994. The summed E-state index contributed by atoms with van der Waals surface area (Å²) in [5.41, 5.74) is 12.7. The van der Waals surface area contributed by atoms with E-state index in [1.165, 1.54) is 38.9 Å². The molecule has 5 aromatic carbocycles. The van der Waals surface area contributed by atoms with Crippen molar-refractivity contribution in [3.8, 4) is 44.9 Å². The second-order valence-corrected chi connectivity index (χ2v) is 12.2. The predicted molar refractivity (Wildman–Crippen MR) is 179 cm³/mol. The Hall–Kier alpha value is -4.63. The van der Waals surface area contributed by atoms with E-state index in [1.54, 1.807) is 6.20 Å². The second kappa shape index (κ2) is 11.1. The van der Waals surface area contributed by atoms with E-state index < -0.39 is 0 Å². The van der Waals surface area contributed by atoms with Gasteiger partial charge in [-0.15, -0.1) is 65.7 Å². The van der Waals surface area contributed by atoms with Crippen molar-refractivity contribution in [2.24, 2.45) is 0 Å². The minimum Gasteiger partial charge on any atom is -0.358 e. The molecule has 1 aliphatic carbocycles. The van der Waals surface area contributed by atoms with Gasteiger partial charge in [-0.3, -0.25) is 4.98 Å². The molecule has 3 heterocycles. The van der Waals surface area contributed by atoms with Crippen LogP contribution in [0.15, 0.2) is 134 Å². The van der Waals surface area contributed by atoms with Crippen molar-refractivity contribution in [3.63, 3.8) is 0 Å². The van der Waals surface area contributed by atoms with Crippen molar-refractivity contribution in [1.29, 1.82) is 0 Å². The third kappa shape index (κ3) is 4.28. The molecule has 0 bridgehead atoms. The maximum absolute atomic E-state index is 5.17. The van der Waals surface area contributed by atoms with Crippen LogP contribution in [0.1, 0.15) is 31.9 Å². The number of fused-ring (bicyclic) bond motifs is 9. The monoisotopic (exact) mass is 758 g/mol. The number of benzene rings is 5. The Kier molecular flexibility index (Phi) is 7.16. The van der Waals surface area contributed by atoms with E-state index in [1.807, 2.05) is 48.5 Å². The molecule has 0 saturated carbocycles. The molecule has 0 saturated heterocycles. The summed E-state index contributed by atoms with van der Waals surface area (Å²) in [5, 5.41) is 0. The first-order valence-electron chi connectivity index (χ1n) is 15.1. The van der Waals surface area contributed by atoms with Gasteiger partial charge >= 0.3 is 0 Å². The van der Waals surface area contributed by atoms with Crippen LogP contribution < -0.4 is 0 Å². The molecule has 0 amide bonds. The fourth-order valence-corrected chi connectivity index (χ4v) is 7.37. The van der Waals surface area contributed by atoms with Crippen molar-refractivity contribution >= 4 is 11.0 Å². The summed E-state index contributed by atoms with van der Waals surface area (Å²) < 4.78 is 2.47. The van der Waals surface area contributed by atoms with Crippen molar-refractivity contribution in [2.45, 2.75) is 31.7 Å². The molecule has 0 N–H and O–H groups in total. The van der Waals surface area contributed by atoms with Crippen LogP contribution in [0.3, 0.4) is 0 Å². The van der Waals surface area contributed by atoms with E-state index in [0.29, 0.717) is 0 Å². The molecule has 7 aromatic rings. The Morgan fingerprint density at radius 1 is 0.622 bits per heavy atom. The quantitative estimate of drug-likeness (QED) is 0.156. The maximum Gasteiger partial charge on any atom is 0.0770 e. The van der Waals surface area contributed by atoms with Gasteiger partial charge in [-0.1, -0.05) is 77.9 Å². The number of hydrogen-bond donors (Lipinski definition) is 0. The van der Waals surface area contributed by atoms with E-state index in [2.05, 4.69) is 121 Å². The largest absolute Gasteiger partial charge is 0.358 e. The van der Waals surface area contributed by atoms with Crippen LogP contribution in [-0.4, -0.2) is 14.5 Å². The molecular weight excluding hydrogens is 727 g/mol. The van der Waals surface area contributed by atoms with Gasteiger partial charge in [-0.2, -0.15) is 0 Å². The summed E-state index contributed by atoms with van der Waals surface area (Å²) in [7, 11) is 0. The Bertz CT molecular complexity index is 2130. The number of pyridine rings is 1. The molecule has 4 heteroatoms. The van der Waals surface area contributed by atoms with Crippen LogP contribution >= 0.6 is 0 Å². The van der Waals surface area contributed by atoms with Gasteiger partial charge in [0, 0.05) is 37.3 Å². The molecule has 3 nitrogen and oxygen atoms in total. The Balaban J connectivity index is 0.000000211. The van der Waals surface area contributed by atoms with Crippen LogP contribution in [0.4, 0.5) is 0 Å². The zero-order valence-electron chi connectivity index (χ0n) is 25.4. The SMILES string of the molecule is CC12c3ccccc3-c3cccc(c31)-c1ccc[c-]c1-c1nc3ccccc3n1C2(C)C.[Ir].[c-]1ccccc1-c1ccccn1. The normalized spacial score (nSPS) is 16.4. The van der Waals surface area contributed by atoms with Gasteiger partial charge in [0.15, 0.2) is 0 Å². The van der Waals surface area contributed by atoms with Gasteiger partial charge in [0.2, 0.25) is 0 Å². The van der Waals surface area contributed by atoms with Crippen LogP contribution in [0.2, 0.25) is 0 Å². The molecule has 9 rings (SSSR count). The van der Waals surface area contributed by atoms with Gasteiger partial charge in [0.25, 0.3) is 0 Å². The van der Waals surface area contributed by atoms with Crippen LogP contribution in [0.25, 0.3) is 55.9 Å². The maximum atomic E-state index is 5.17. The molecule has 1 atom stereocenters. The molecule has 0 fully saturated rings. The van der Waals surface area contributed by atoms with Crippen molar-refractivity contribution in [2.75, 3.05) is 0 Å². The molecule has 221 valence electrons. The number of hydrogen-bond acceptors (Lipinski definition) is 2. The predicted octanol–water partition coefficient (Wildman–Crippen LogP) is 9.75. The van der Waals surface area contributed by atoms with Gasteiger partial charge in [0.1, 0.15) is 0 Å². The molecule has 1 aliphatic heterocycles. The molecule has 2 aliphatic rings. The summed E-state index contributed by atoms with van der Waals surface area (Å²) in [4.78, 5) is 9.39. The molecule has 1 unspecified atom stereocenters. The Morgan fingerprint density at radius 3 is 2.11 bits per heavy atom. The van der Waals surface area contributed by atoms with E-state index in [0.717, 1.165) is 28.2 Å². The second-order valence-electron chi connectivity index (χ2n) is 12.2. The zero-order chi connectivity index (χ0) is 29.9. The number of aromatic nitrogens is 3. The first kappa shape index (κ1) is 29.1. The topological polar surface area (TPSA) is 30.7 Å². The molecule has 1 radical (unpaired) electrons. The van der Waals surface area contributed by atoms with Crippen molar-refractivity contribution < 1.29 is 20.1 Å². The molecule has 0 spiro atoms. The third-order valence-corrected chi connectivity index (χ3v) is 9.68. The molecular formula is C41H31IrN3-2. The standard InChI is InChI=1S/C30H23N2.C11H8N.Ir/c1-29(2)30(3)24-16-7-6-12-20(24)22-15-10-14-21(27(22)30)19-11-4-5-13-23(19)28-31-25-17-8-9-18-26(25)32(28)29;1-2-6-10(7-3-1)11-8-4-5-9-12-11;/h4-12,14-18H,1-3H3;1-6,8-9H;/q2*-1;. The average Bonchev–Trinajstić information content (AvgIpc) is 3.61. The number of imidazole rings is 1. The van der Waals surface area contributed by atoms with Gasteiger partial charge in [-0.25, -0.2) is 0 Å². The van der Waals surface area contributed by atoms with Crippen LogP contribution in [0.5, 0.6) is 0 Å². The van der Waals surface area contributed by atoms with Crippen molar-refractivity contribution in [1.82, 2.24) is 14.5 Å². The van der Waals surface area contributed by atoms with Crippen LogP contribution in [0, 0.1) is 12.1 Å². The first-order valence-corrected chi connectivity index (χ1v) is 15.1. The Labute approximate surface area is 278 Å². The fraction of sp³-hybridized carbons (Fsp3) is 0.122. The minimum absolute atomic E-state index is 0. The minimum atomic E-state index is -0.280. The fourth-order valence-electron chi connectivity index (χ4n) is 7.37. The molecule has 45 heavy (non-hydrogen) atoms. The zero-order valence-corrected chi connectivity index (χ0v) is 27.8. The Morgan fingerprint density at radius 2 is 1.31 bits per heavy atom. The summed E-state index contributed by atoms with van der Waals surface area (Å²) >= 11 is 0. The smallest absolute Gasteiger partial charge is 0.0770 e. The number of para-hydroxylation sites is 2. The number of rotatable bonds is 1. The summed E-state index contributed by atoms with van der Waals surface area (Å²) in [6, 6.07) is 50.9. The van der Waals surface area contributed by atoms with Gasteiger partial charge < -0.3 is 9.55 Å². The van der Waals surface area contributed by atoms with E-state index in [9.17, 15) is 0 Å². The average molecular weight is 758 g/mol. The van der Waals surface area contributed by atoms with E-state index >= 15 is 0 Å². The molecule has 2 aromatic heterocycles. The number of nitrogens with zero attached hydrogens (tertiary/aromatic N) is 3. The van der Waals surface area contributed by atoms with E-state index in [4.69, 9.17) is 4.98 Å². The van der Waals surface area contributed by atoms with E-state index in [-0.39, 0.29) is 31.1 Å². The first-order chi connectivity index (χ1) is 21.5. The third-order valence-electron chi connectivity index (χ3n) is 9.68. The van der Waals surface area contributed by atoms with Gasteiger partial charge in [-0.05, 0) is 66.9 Å². The summed E-state index contributed by atoms with van der Waals surface area (Å²) in [6.07, 6.45) is 1.79. The van der Waals surface area contributed by atoms with Crippen LogP contribution in [-0.2, 0) is 31.1 Å². The van der Waals surface area contributed by atoms with Crippen molar-refractivity contribution in [3.05, 3.63) is 157 Å². The van der Waals surface area contributed by atoms with Gasteiger partial charge in [0.05, 0.1) is 16.9 Å². The summed E-state index contributed by atoms with van der Waals surface area (Å²) in [6.45, 7) is 7.18.